The zero-order chi connectivity index (χ0) is 27.9. The predicted octanol–water partition coefficient (Wildman–Crippen LogP) is 4.86. The first kappa shape index (κ1) is 29.7. The van der Waals surface area contributed by atoms with Crippen molar-refractivity contribution in [3.05, 3.63) is 69.2 Å². The third-order valence-electron chi connectivity index (χ3n) is 5.25. The number of sulfonamides is 1. The number of nitrogens with zero attached hydrogens (tertiary/aromatic N) is 3. The highest BCUT2D eigenvalue weighted by Crippen LogP contribution is 2.37. The van der Waals surface area contributed by atoms with Gasteiger partial charge in [0.25, 0.3) is 0 Å². The Bertz CT molecular complexity index is 1380. The second-order valence-electron chi connectivity index (χ2n) is 8.00. The van der Waals surface area contributed by atoms with E-state index in [1.165, 1.54) is 30.6 Å². The van der Waals surface area contributed by atoms with Crippen molar-refractivity contribution in [1.82, 2.24) is 9.71 Å². The van der Waals surface area contributed by atoms with Gasteiger partial charge < -0.3 is 19.5 Å². The van der Waals surface area contributed by atoms with Crippen LogP contribution in [-0.2, 0) is 21.3 Å². The maximum Gasteiger partial charge on any atom is 0.387 e. The van der Waals surface area contributed by atoms with Gasteiger partial charge in [-0.2, -0.15) is 18.8 Å². The molecule has 1 heterocycles. The van der Waals surface area contributed by atoms with E-state index in [0.29, 0.717) is 26.8 Å². The van der Waals surface area contributed by atoms with Gasteiger partial charge >= 0.3 is 6.61 Å². The van der Waals surface area contributed by atoms with Gasteiger partial charge in [-0.1, -0.05) is 17.7 Å². The predicted molar refractivity (Wildman–Crippen MR) is 140 cm³/mol. The van der Waals surface area contributed by atoms with Crippen LogP contribution in [0.2, 0.25) is 5.02 Å². The van der Waals surface area contributed by atoms with Crippen LogP contribution in [-0.4, -0.2) is 44.6 Å². The summed E-state index contributed by atoms with van der Waals surface area (Å²) in [6, 6.07) is 12.9. The Kier molecular flexibility index (Phi) is 10.4. The highest BCUT2D eigenvalue weighted by atomic mass is 35.5. The first-order valence-electron chi connectivity index (χ1n) is 11.2. The highest BCUT2D eigenvalue weighted by molar-refractivity contribution is 7.89. The van der Waals surface area contributed by atoms with Gasteiger partial charge in [0.05, 0.1) is 23.9 Å². The molecule has 1 unspecified atom stereocenters. The lowest BCUT2D eigenvalue weighted by Crippen LogP contribution is -2.31. The maximum absolute atomic E-state index is 13.1. The van der Waals surface area contributed by atoms with E-state index in [-0.39, 0.29) is 41.8 Å². The van der Waals surface area contributed by atoms with Crippen molar-refractivity contribution >= 4 is 43.8 Å². The molecule has 9 nitrogen and oxygen atoms in total. The summed E-state index contributed by atoms with van der Waals surface area (Å²) in [5.74, 6) is -0.363. The van der Waals surface area contributed by atoms with E-state index in [0.717, 1.165) is 0 Å². The molecule has 204 valence electrons. The zero-order valence-electron chi connectivity index (χ0n) is 20.4. The molecule has 0 aliphatic rings. The number of nitriles is 1. The Labute approximate surface area is 228 Å². The van der Waals surface area contributed by atoms with E-state index >= 15 is 0 Å². The summed E-state index contributed by atoms with van der Waals surface area (Å²) >= 11 is 7.15. The lowest BCUT2D eigenvalue weighted by molar-refractivity contribution is -0.0504. The molecule has 38 heavy (non-hydrogen) atoms. The number of aliphatic hydroxyl groups excluding tert-OH is 1. The molecule has 0 amide bonds. The van der Waals surface area contributed by atoms with Crippen LogP contribution in [0.4, 0.5) is 19.6 Å². The van der Waals surface area contributed by atoms with Crippen LogP contribution in [0, 0.1) is 18.3 Å². The number of aromatic nitrogens is 1. The van der Waals surface area contributed by atoms with E-state index in [1.807, 2.05) is 6.07 Å². The Hall–Kier alpha value is -2.86. The Morgan fingerprint density at radius 1 is 1.26 bits per heavy atom. The number of anilines is 2. The van der Waals surface area contributed by atoms with Crippen LogP contribution < -0.4 is 14.4 Å². The normalized spacial score (nSPS) is 12.4. The molecule has 0 fully saturated rings. The summed E-state index contributed by atoms with van der Waals surface area (Å²) in [4.78, 5) is 6.68. The van der Waals surface area contributed by atoms with Gasteiger partial charge in [0.1, 0.15) is 11.4 Å². The molecular weight excluding hydrogens is 562 g/mol. The smallest absolute Gasteiger partial charge is 0.387 e. The number of benzene rings is 2. The molecular formula is C24H25ClF2N4O5S2. The Morgan fingerprint density at radius 3 is 2.61 bits per heavy atom. The summed E-state index contributed by atoms with van der Waals surface area (Å²) in [5, 5.41) is 20.4. The number of hydrogen-bond donors (Lipinski definition) is 2. The Balaban J connectivity index is 1.97. The van der Waals surface area contributed by atoms with Gasteiger partial charge in [0.2, 0.25) is 10.0 Å². The molecule has 1 aromatic heterocycles. The highest BCUT2D eigenvalue weighted by Gasteiger charge is 2.25. The number of nitrogens with one attached hydrogen (secondary N) is 1. The second kappa shape index (κ2) is 13.3. The molecule has 0 radical (unpaired) electrons. The summed E-state index contributed by atoms with van der Waals surface area (Å²) in [6.07, 6.45) is -1.36. The fourth-order valence-corrected chi connectivity index (χ4v) is 5.65. The standard InChI is InChI=1S/C24H25ClF2N4O5S2/c1-15-21(22(32)30-38(33,34)11-3-10-35-2)29-24(37-15)31(19-8-4-16(13-28)5-9-19)14-17-6-7-18(25)12-20(17)36-23(26)27/h4-9,12,22-23,30,32H,3,10-11,14H2,1-2H3. The number of methoxy groups -OCH3 is 1. The van der Waals surface area contributed by atoms with E-state index in [2.05, 4.69) is 14.4 Å². The van der Waals surface area contributed by atoms with Gasteiger partial charge in [0, 0.05) is 34.9 Å². The van der Waals surface area contributed by atoms with Crippen molar-refractivity contribution in [2.24, 2.45) is 0 Å². The molecule has 2 N–H and O–H groups in total. The molecule has 14 heteroatoms. The fourth-order valence-electron chi connectivity index (χ4n) is 3.46. The van der Waals surface area contributed by atoms with Crippen LogP contribution >= 0.6 is 22.9 Å². The third kappa shape index (κ3) is 8.07. The molecule has 2 aromatic carbocycles. The van der Waals surface area contributed by atoms with Crippen molar-refractivity contribution in [2.75, 3.05) is 24.4 Å². The van der Waals surface area contributed by atoms with Crippen LogP contribution in [0.1, 0.15) is 34.3 Å². The van der Waals surface area contributed by atoms with Crippen molar-refractivity contribution < 1.29 is 31.8 Å². The largest absolute Gasteiger partial charge is 0.434 e. The Morgan fingerprint density at radius 2 is 1.97 bits per heavy atom. The average Bonchev–Trinajstić information content (AvgIpc) is 3.24. The second-order valence-corrected chi connectivity index (χ2v) is 11.5. The van der Waals surface area contributed by atoms with E-state index < -0.39 is 22.9 Å². The number of aryl methyl sites for hydroxylation is 1. The van der Waals surface area contributed by atoms with Crippen LogP contribution in [0.15, 0.2) is 42.5 Å². The van der Waals surface area contributed by atoms with Crippen molar-refractivity contribution in [3.8, 4) is 11.8 Å². The lowest BCUT2D eigenvalue weighted by atomic mass is 10.1. The number of rotatable bonds is 13. The molecule has 0 aliphatic carbocycles. The van der Waals surface area contributed by atoms with Crippen LogP contribution in [0.5, 0.6) is 5.75 Å². The quantitative estimate of drug-likeness (QED) is 0.215. The SMILES string of the molecule is COCCCS(=O)(=O)NC(O)c1nc(N(Cc2ccc(Cl)cc2OC(F)F)c2ccc(C#N)cc2)sc1C. The minimum atomic E-state index is -3.82. The van der Waals surface area contributed by atoms with E-state index in [4.69, 9.17) is 21.6 Å². The molecule has 0 saturated heterocycles. The third-order valence-corrected chi connectivity index (χ3v) is 7.90. The number of halogens is 3. The number of ether oxygens (including phenoxy) is 2. The maximum atomic E-state index is 13.1. The number of alkyl halides is 2. The molecule has 0 bridgehead atoms. The summed E-state index contributed by atoms with van der Waals surface area (Å²) in [6.45, 7) is -1.14. The first-order valence-corrected chi connectivity index (χ1v) is 14.0. The van der Waals surface area contributed by atoms with Crippen molar-refractivity contribution in [1.29, 1.82) is 5.26 Å². The monoisotopic (exact) mass is 586 g/mol. The summed E-state index contributed by atoms with van der Waals surface area (Å²) in [5.41, 5.74) is 1.44. The van der Waals surface area contributed by atoms with Gasteiger partial charge in [-0.15, -0.1) is 11.3 Å². The molecule has 1 atom stereocenters. The molecule has 0 saturated carbocycles. The van der Waals surface area contributed by atoms with E-state index in [1.54, 1.807) is 42.2 Å². The molecule has 3 aromatic rings. The topological polar surface area (TPSA) is 125 Å². The molecule has 0 aliphatic heterocycles. The molecule has 0 spiro atoms. The van der Waals surface area contributed by atoms with Gasteiger partial charge in [0.15, 0.2) is 11.4 Å². The van der Waals surface area contributed by atoms with Crippen LogP contribution in [0.3, 0.4) is 0 Å². The minimum Gasteiger partial charge on any atom is -0.434 e. The van der Waals surface area contributed by atoms with Gasteiger partial charge in [-0.05, 0) is 49.7 Å². The van der Waals surface area contributed by atoms with Crippen molar-refractivity contribution in [3.63, 3.8) is 0 Å². The lowest BCUT2D eigenvalue weighted by Gasteiger charge is -2.24. The van der Waals surface area contributed by atoms with Gasteiger partial charge in [-0.25, -0.2) is 13.4 Å². The van der Waals surface area contributed by atoms with Crippen molar-refractivity contribution in [2.45, 2.75) is 32.7 Å². The van der Waals surface area contributed by atoms with Gasteiger partial charge in [-0.3, -0.25) is 0 Å². The number of aliphatic hydroxyl groups is 1. The average molecular weight is 587 g/mol. The van der Waals surface area contributed by atoms with Crippen LogP contribution in [0.25, 0.3) is 0 Å². The first-order chi connectivity index (χ1) is 18.0. The summed E-state index contributed by atoms with van der Waals surface area (Å²) < 4.78 is 62.6. The minimum absolute atomic E-state index is 0.0103. The fraction of sp³-hybridized carbons (Fsp3) is 0.333. The van der Waals surface area contributed by atoms with E-state index in [9.17, 15) is 22.3 Å². The number of hydrogen-bond acceptors (Lipinski definition) is 9. The summed E-state index contributed by atoms with van der Waals surface area (Å²) in [7, 11) is -2.36. The number of thiazole rings is 1. The molecule has 3 rings (SSSR count). The zero-order valence-corrected chi connectivity index (χ0v) is 22.8.